The number of aromatic nitrogens is 3. The van der Waals surface area contributed by atoms with Gasteiger partial charge in [0.05, 0.1) is 11.6 Å². The molecule has 1 fully saturated rings. The number of fused-ring (bicyclic) bond motifs is 1. The van der Waals surface area contributed by atoms with E-state index in [1.54, 1.807) is 17.7 Å². The SMILES string of the molecule is C[C@@H](Nc1nnc(Cl)c2cc(=O)n(C3CC3)cc12)c1cccc(C(F)F)c1F. The molecule has 146 valence electrons. The summed E-state index contributed by atoms with van der Waals surface area (Å²) >= 11 is 6.09. The van der Waals surface area contributed by atoms with Crippen molar-refractivity contribution in [2.45, 2.75) is 38.3 Å². The molecule has 2 heterocycles. The van der Waals surface area contributed by atoms with Gasteiger partial charge < -0.3 is 9.88 Å². The van der Waals surface area contributed by atoms with Gasteiger partial charge in [0.1, 0.15) is 5.82 Å². The standard InChI is InChI=1S/C19H16ClF3N4O/c1-9(11-3-2-4-12(16(11)21)18(22)23)24-19-14-8-27(10-5-6-10)15(28)7-13(14)17(20)25-26-19/h2-4,7-10,18H,5-6H2,1H3,(H,24,26)/t9-/m1/s1. The third kappa shape index (κ3) is 3.32. The predicted molar refractivity (Wildman–Crippen MR) is 100 cm³/mol. The second kappa shape index (κ2) is 7.09. The van der Waals surface area contributed by atoms with E-state index in [9.17, 15) is 18.0 Å². The van der Waals surface area contributed by atoms with Gasteiger partial charge in [-0.2, -0.15) is 0 Å². The van der Waals surface area contributed by atoms with Crippen LogP contribution in [0, 0.1) is 5.82 Å². The molecule has 1 aliphatic carbocycles. The molecule has 0 spiro atoms. The average Bonchev–Trinajstić information content (AvgIpc) is 3.49. The van der Waals surface area contributed by atoms with E-state index in [-0.39, 0.29) is 22.3 Å². The maximum atomic E-state index is 14.5. The average molecular weight is 409 g/mol. The lowest BCUT2D eigenvalue weighted by molar-refractivity contribution is 0.146. The fourth-order valence-corrected chi connectivity index (χ4v) is 3.40. The van der Waals surface area contributed by atoms with E-state index in [1.165, 1.54) is 18.2 Å². The number of anilines is 1. The van der Waals surface area contributed by atoms with E-state index in [2.05, 4.69) is 15.5 Å². The van der Waals surface area contributed by atoms with Crippen molar-refractivity contribution in [3.05, 3.63) is 62.9 Å². The van der Waals surface area contributed by atoms with Gasteiger partial charge in [0, 0.05) is 34.6 Å². The van der Waals surface area contributed by atoms with E-state index >= 15 is 0 Å². The van der Waals surface area contributed by atoms with Crippen LogP contribution in [0.25, 0.3) is 10.8 Å². The zero-order valence-electron chi connectivity index (χ0n) is 14.8. The van der Waals surface area contributed by atoms with Crippen LogP contribution >= 0.6 is 11.6 Å². The molecule has 9 heteroatoms. The van der Waals surface area contributed by atoms with E-state index < -0.39 is 23.8 Å². The summed E-state index contributed by atoms with van der Waals surface area (Å²) in [5, 5.41) is 12.0. The summed E-state index contributed by atoms with van der Waals surface area (Å²) in [4.78, 5) is 12.3. The van der Waals surface area contributed by atoms with Gasteiger partial charge in [0.15, 0.2) is 11.0 Å². The Morgan fingerprint density at radius 2 is 1.93 bits per heavy atom. The van der Waals surface area contributed by atoms with Gasteiger partial charge in [-0.25, -0.2) is 13.2 Å². The van der Waals surface area contributed by atoms with Crippen molar-refractivity contribution in [3.8, 4) is 0 Å². The highest BCUT2D eigenvalue weighted by Crippen LogP contribution is 2.36. The monoisotopic (exact) mass is 408 g/mol. The lowest BCUT2D eigenvalue weighted by Crippen LogP contribution is -2.18. The third-order valence-corrected chi connectivity index (χ3v) is 5.13. The molecule has 1 atom stereocenters. The zero-order valence-corrected chi connectivity index (χ0v) is 15.6. The molecule has 28 heavy (non-hydrogen) atoms. The molecule has 1 N–H and O–H groups in total. The van der Waals surface area contributed by atoms with Crippen molar-refractivity contribution in [1.29, 1.82) is 0 Å². The lowest BCUT2D eigenvalue weighted by Gasteiger charge is -2.18. The summed E-state index contributed by atoms with van der Waals surface area (Å²) in [5.74, 6) is -0.665. The number of rotatable bonds is 5. The first-order chi connectivity index (χ1) is 13.4. The minimum Gasteiger partial charge on any atom is -0.361 e. The normalized spacial score (nSPS) is 15.2. The van der Waals surface area contributed by atoms with Crippen LogP contribution in [0.4, 0.5) is 19.0 Å². The third-order valence-electron chi connectivity index (χ3n) is 4.85. The Balaban J connectivity index is 1.76. The predicted octanol–water partition coefficient (Wildman–Crippen LogP) is 5.03. The van der Waals surface area contributed by atoms with Crippen molar-refractivity contribution in [1.82, 2.24) is 14.8 Å². The second-order valence-corrected chi connectivity index (χ2v) is 7.19. The van der Waals surface area contributed by atoms with Crippen LogP contribution in [-0.4, -0.2) is 14.8 Å². The summed E-state index contributed by atoms with van der Waals surface area (Å²) in [6.07, 6.45) is 0.596. The van der Waals surface area contributed by atoms with Gasteiger partial charge in [-0.05, 0) is 19.8 Å². The van der Waals surface area contributed by atoms with Gasteiger partial charge in [-0.3, -0.25) is 4.79 Å². The number of alkyl halides is 2. The summed E-state index contributed by atoms with van der Waals surface area (Å²) in [6, 6.07) is 4.76. The molecule has 4 rings (SSSR count). The minimum atomic E-state index is -2.91. The molecule has 0 saturated heterocycles. The Labute approximate surface area is 163 Å². The quantitative estimate of drug-likeness (QED) is 0.643. The number of nitrogens with zero attached hydrogens (tertiary/aromatic N) is 3. The number of halogens is 4. The number of pyridine rings is 1. The summed E-state index contributed by atoms with van der Waals surface area (Å²) < 4.78 is 42.1. The first-order valence-electron chi connectivity index (χ1n) is 8.78. The fourth-order valence-electron chi connectivity index (χ4n) is 3.21. The van der Waals surface area contributed by atoms with Gasteiger partial charge in [-0.15, -0.1) is 10.2 Å². The summed E-state index contributed by atoms with van der Waals surface area (Å²) in [6.45, 7) is 1.63. The van der Waals surface area contributed by atoms with Crippen LogP contribution in [0.2, 0.25) is 5.15 Å². The molecule has 1 aromatic carbocycles. The first-order valence-corrected chi connectivity index (χ1v) is 9.15. The van der Waals surface area contributed by atoms with Crippen molar-refractivity contribution >= 4 is 28.2 Å². The summed E-state index contributed by atoms with van der Waals surface area (Å²) in [5.41, 5.74) is -0.751. The van der Waals surface area contributed by atoms with Gasteiger partial charge in [-0.1, -0.05) is 29.8 Å². The van der Waals surface area contributed by atoms with Gasteiger partial charge in [0.2, 0.25) is 0 Å². The molecule has 0 aliphatic heterocycles. The summed E-state index contributed by atoms with van der Waals surface area (Å²) in [7, 11) is 0. The fraction of sp³-hybridized carbons (Fsp3) is 0.316. The first kappa shape index (κ1) is 18.7. The van der Waals surface area contributed by atoms with Crippen LogP contribution in [-0.2, 0) is 0 Å². The Kier molecular flexibility index (Phi) is 4.74. The van der Waals surface area contributed by atoms with Crippen molar-refractivity contribution in [3.63, 3.8) is 0 Å². The number of benzene rings is 1. The van der Waals surface area contributed by atoms with Crippen molar-refractivity contribution in [2.24, 2.45) is 0 Å². The molecule has 3 aromatic rings. The van der Waals surface area contributed by atoms with E-state index in [0.29, 0.717) is 16.6 Å². The molecule has 2 aromatic heterocycles. The Bertz CT molecular complexity index is 1110. The molecule has 1 aliphatic rings. The lowest BCUT2D eigenvalue weighted by atomic mass is 10.0. The maximum absolute atomic E-state index is 14.5. The Morgan fingerprint density at radius 1 is 1.21 bits per heavy atom. The van der Waals surface area contributed by atoms with Crippen LogP contribution in [0.5, 0.6) is 0 Å². The van der Waals surface area contributed by atoms with E-state index in [0.717, 1.165) is 18.9 Å². The second-order valence-electron chi connectivity index (χ2n) is 6.83. The molecule has 1 saturated carbocycles. The van der Waals surface area contributed by atoms with Crippen LogP contribution < -0.4 is 10.9 Å². The van der Waals surface area contributed by atoms with Crippen molar-refractivity contribution in [2.75, 3.05) is 5.32 Å². The van der Waals surface area contributed by atoms with Crippen LogP contribution in [0.3, 0.4) is 0 Å². The largest absolute Gasteiger partial charge is 0.361 e. The highest BCUT2D eigenvalue weighted by atomic mass is 35.5. The molecular weight excluding hydrogens is 393 g/mol. The van der Waals surface area contributed by atoms with E-state index in [4.69, 9.17) is 11.6 Å². The van der Waals surface area contributed by atoms with Crippen molar-refractivity contribution < 1.29 is 13.2 Å². The highest BCUT2D eigenvalue weighted by Gasteiger charge is 2.26. The number of hydrogen-bond acceptors (Lipinski definition) is 4. The Hall–Kier alpha value is -2.61. The minimum absolute atomic E-state index is 0.0817. The molecule has 0 unspecified atom stereocenters. The van der Waals surface area contributed by atoms with Gasteiger partial charge in [0.25, 0.3) is 12.0 Å². The number of nitrogens with one attached hydrogen (secondary N) is 1. The smallest absolute Gasteiger partial charge is 0.266 e. The molecule has 0 bridgehead atoms. The van der Waals surface area contributed by atoms with Crippen LogP contribution in [0.15, 0.2) is 35.3 Å². The molecular formula is C19H16ClF3N4O. The number of hydrogen-bond donors (Lipinski definition) is 1. The molecule has 0 amide bonds. The van der Waals surface area contributed by atoms with Gasteiger partial charge >= 0.3 is 0 Å². The van der Waals surface area contributed by atoms with E-state index in [1.807, 2.05) is 0 Å². The van der Waals surface area contributed by atoms with Crippen LogP contribution in [0.1, 0.15) is 49.4 Å². The zero-order chi connectivity index (χ0) is 20.0. The molecule has 5 nitrogen and oxygen atoms in total. The highest BCUT2D eigenvalue weighted by molar-refractivity contribution is 6.34. The molecule has 0 radical (unpaired) electrons. The topological polar surface area (TPSA) is 59.8 Å². The Morgan fingerprint density at radius 3 is 2.61 bits per heavy atom. The maximum Gasteiger partial charge on any atom is 0.266 e.